The smallest absolute Gasteiger partial charge is 0.242 e. The van der Waals surface area contributed by atoms with Gasteiger partial charge in [0.15, 0.2) is 0 Å². The number of aryl methyl sites for hydroxylation is 1. The Kier molecular flexibility index (Phi) is 4.32. The number of aromatic nitrogens is 2. The normalized spacial score (nSPS) is 12.6. The lowest BCUT2D eigenvalue weighted by Gasteiger charge is -2.20. The average Bonchev–Trinajstić information content (AvgIpc) is 2.71. The second-order valence-corrected chi connectivity index (χ2v) is 10.6. The zero-order valence-electron chi connectivity index (χ0n) is 13.6. The summed E-state index contributed by atoms with van der Waals surface area (Å²) in [5.74, 6) is 0.859. The fourth-order valence-electron chi connectivity index (χ4n) is 2.06. The first-order valence-corrected chi connectivity index (χ1v) is 10.5. The number of rotatable bonds is 4. The molecule has 5 heteroatoms. The van der Waals surface area contributed by atoms with Gasteiger partial charge in [-0.1, -0.05) is 12.1 Å². The molecular weight excluding hydrogens is 278 g/mol. The molecule has 4 nitrogen and oxygen atoms in total. The molecule has 0 aliphatic heterocycles. The van der Waals surface area contributed by atoms with Crippen LogP contribution in [-0.4, -0.2) is 23.8 Å². The molecule has 0 aliphatic carbocycles. The van der Waals surface area contributed by atoms with Gasteiger partial charge in [0, 0.05) is 24.0 Å². The van der Waals surface area contributed by atoms with E-state index in [2.05, 4.69) is 24.7 Å². The third-order valence-electron chi connectivity index (χ3n) is 3.19. The van der Waals surface area contributed by atoms with E-state index < -0.39 is 8.32 Å². The van der Waals surface area contributed by atoms with Gasteiger partial charge in [0.05, 0.1) is 6.20 Å². The molecule has 0 atom stereocenters. The van der Waals surface area contributed by atoms with Crippen molar-refractivity contribution in [2.75, 3.05) is 0 Å². The fraction of sp³-hybridized carbons (Fsp3) is 0.375. The molecule has 21 heavy (non-hydrogen) atoms. The minimum absolute atomic E-state index is 0.859. The maximum atomic E-state index is 6.12. The zero-order valence-corrected chi connectivity index (χ0v) is 14.6. The van der Waals surface area contributed by atoms with Crippen molar-refractivity contribution in [2.24, 2.45) is 12.0 Å². The van der Waals surface area contributed by atoms with Crippen LogP contribution in [0.25, 0.3) is 0 Å². The Morgan fingerprint density at radius 2 is 1.90 bits per heavy atom. The summed E-state index contributed by atoms with van der Waals surface area (Å²) in [5.41, 5.74) is 4.01. The standard InChI is InChI=1S/C16H23N3OSi/c1-12(14-11-17-19(3)13(14)2)18-15-9-7-8-10-16(15)20-21(4,5)6/h7-11H,1-6H3. The van der Waals surface area contributed by atoms with Crippen molar-refractivity contribution in [1.82, 2.24) is 9.78 Å². The van der Waals surface area contributed by atoms with Crippen LogP contribution in [0.5, 0.6) is 5.75 Å². The SMILES string of the molecule is CC(=Nc1ccccc1O[Si](C)(C)C)c1cnn(C)c1C. The molecule has 1 aromatic carbocycles. The van der Waals surface area contributed by atoms with Crippen LogP contribution in [-0.2, 0) is 7.05 Å². The van der Waals surface area contributed by atoms with Crippen LogP contribution in [0.1, 0.15) is 18.2 Å². The van der Waals surface area contributed by atoms with E-state index in [-0.39, 0.29) is 0 Å². The van der Waals surface area contributed by atoms with Crippen LogP contribution in [0.3, 0.4) is 0 Å². The Hall–Kier alpha value is -1.88. The van der Waals surface area contributed by atoms with Gasteiger partial charge < -0.3 is 4.43 Å². The molecule has 0 aliphatic rings. The Bertz CT molecular complexity index is 668. The van der Waals surface area contributed by atoms with Crippen LogP contribution in [0.4, 0.5) is 5.69 Å². The summed E-state index contributed by atoms with van der Waals surface area (Å²) in [5, 5.41) is 4.27. The molecule has 0 N–H and O–H groups in total. The average molecular weight is 301 g/mol. The van der Waals surface area contributed by atoms with E-state index in [1.165, 1.54) is 0 Å². The Labute approximate surface area is 127 Å². The molecule has 0 fully saturated rings. The number of benzene rings is 1. The van der Waals surface area contributed by atoms with E-state index in [4.69, 9.17) is 9.42 Å². The highest BCUT2D eigenvalue weighted by Gasteiger charge is 2.18. The lowest BCUT2D eigenvalue weighted by Crippen LogP contribution is -2.29. The molecule has 0 saturated carbocycles. The third kappa shape index (κ3) is 3.82. The van der Waals surface area contributed by atoms with Crippen molar-refractivity contribution in [3.05, 3.63) is 41.7 Å². The summed E-state index contributed by atoms with van der Waals surface area (Å²) in [6.45, 7) is 10.6. The summed E-state index contributed by atoms with van der Waals surface area (Å²) in [6, 6.07) is 7.95. The summed E-state index contributed by atoms with van der Waals surface area (Å²) >= 11 is 0. The van der Waals surface area contributed by atoms with E-state index in [9.17, 15) is 0 Å². The molecule has 0 saturated heterocycles. The van der Waals surface area contributed by atoms with E-state index in [1.54, 1.807) is 0 Å². The molecule has 2 aromatic rings. The molecule has 0 unspecified atom stereocenters. The molecule has 2 rings (SSSR count). The predicted octanol–water partition coefficient (Wildman–Crippen LogP) is 4.08. The van der Waals surface area contributed by atoms with Crippen molar-refractivity contribution < 1.29 is 4.43 Å². The Morgan fingerprint density at radius 3 is 2.48 bits per heavy atom. The number of hydrogen-bond donors (Lipinski definition) is 0. The van der Waals surface area contributed by atoms with E-state index in [0.29, 0.717) is 0 Å². The predicted molar refractivity (Wildman–Crippen MR) is 90.2 cm³/mol. The Balaban J connectivity index is 2.39. The van der Waals surface area contributed by atoms with Gasteiger partial charge in [-0.3, -0.25) is 4.68 Å². The first-order valence-electron chi connectivity index (χ1n) is 7.10. The highest BCUT2D eigenvalue weighted by Crippen LogP contribution is 2.30. The van der Waals surface area contributed by atoms with Gasteiger partial charge >= 0.3 is 0 Å². The molecule has 112 valence electrons. The summed E-state index contributed by atoms with van der Waals surface area (Å²) < 4.78 is 7.98. The van der Waals surface area contributed by atoms with E-state index in [1.807, 2.05) is 56.0 Å². The lowest BCUT2D eigenvalue weighted by atomic mass is 10.2. The van der Waals surface area contributed by atoms with Gasteiger partial charge in [-0.2, -0.15) is 5.10 Å². The number of nitrogens with zero attached hydrogens (tertiary/aromatic N) is 3. The topological polar surface area (TPSA) is 39.4 Å². The second-order valence-electron chi connectivity index (χ2n) is 6.15. The highest BCUT2D eigenvalue weighted by molar-refractivity contribution is 6.70. The van der Waals surface area contributed by atoms with Gasteiger partial charge in [-0.25, -0.2) is 4.99 Å². The number of hydrogen-bond acceptors (Lipinski definition) is 3. The van der Waals surface area contributed by atoms with Crippen molar-refractivity contribution in [2.45, 2.75) is 33.5 Å². The molecular formula is C16H23N3OSi. The molecule has 0 spiro atoms. The molecule has 1 heterocycles. The van der Waals surface area contributed by atoms with Crippen molar-refractivity contribution in [3.8, 4) is 5.75 Å². The van der Waals surface area contributed by atoms with Crippen LogP contribution < -0.4 is 4.43 Å². The molecule has 0 radical (unpaired) electrons. The maximum Gasteiger partial charge on any atom is 0.242 e. The van der Waals surface area contributed by atoms with Crippen LogP contribution in [0.2, 0.25) is 19.6 Å². The summed E-state index contributed by atoms with van der Waals surface area (Å²) in [6.07, 6.45) is 1.86. The van der Waals surface area contributed by atoms with Crippen molar-refractivity contribution >= 4 is 19.7 Å². The van der Waals surface area contributed by atoms with E-state index in [0.717, 1.165) is 28.4 Å². The highest BCUT2D eigenvalue weighted by atomic mass is 28.4. The fourth-order valence-corrected chi connectivity index (χ4v) is 2.89. The summed E-state index contributed by atoms with van der Waals surface area (Å²) in [7, 11) is 0.287. The maximum absolute atomic E-state index is 6.12. The third-order valence-corrected chi connectivity index (χ3v) is 4.03. The first-order chi connectivity index (χ1) is 9.78. The minimum atomic E-state index is -1.65. The van der Waals surface area contributed by atoms with E-state index >= 15 is 0 Å². The van der Waals surface area contributed by atoms with Crippen LogP contribution >= 0.6 is 0 Å². The van der Waals surface area contributed by atoms with Gasteiger partial charge in [-0.15, -0.1) is 0 Å². The first kappa shape index (κ1) is 15.5. The van der Waals surface area contributed by atoms with Gasteiger partial charge in [0.25, 0.3) is 0 Å². The monoisotopic (exact) mass is 301 g/mol. The minimum Gasteiger partial charge on any atom is -0.543 e. The van der Waals surface area contributed by atoms with Gasteiger partial charge in [0.2, 0.25) is 8.32 Å². The Morgan fingerprint density at radius 1 is 1.24 bits per heavy atom. The molecule has 0 amide bonds. The van der Waals surface area contributed by atoms with Gasteiger partial charge in [-0.05, 0) is 45.6 Å². The van der Waals surface area contributed by atoms with Crippen molar-refractivity contribution in [1.29, 1.82) is 0 Å². The molecule has 1 aromatic heterocycles. The molecule has 0 bridgehead atoms. The number of para-hydroxylation sites is 2. The largest absolute Gasteiger partial charge is 0.543 e. The van der Waals surface area contributed by atoms with Gasteiger partial charge in [0.1, 0.15) is 11.4 Å². The zero-order chi connectivity index (χ0) is 15.6. The lowest BCUT2D eigenvalue weighted by molar-refractivity contribution is 0.559. The van der Waals surface area contributed by atoms with Crippen LogP contribution in [0.15, 0.2) is 35.5 Å². The van der Waals surface area contributed by atoms with Crippen molar-refractivity contribution in [3.63, 3.8) is 0 Å². The second kappa shape index (κ2) is 5.85. The summed E-state index contributed by atoms with van der Waals surface area (Å²) in [4.78, 5) is 4.75. The quantitative estimate of drug-likeness (QED) is 0.630. The van der Waals surface area contributed by atoms with Crippen LogP contribution in [0, 0.1) is 6.92 Å². The number of aliphatic imine (C=N–C) groups is 1.